The number of hydrogen-bond donors (Lipinski definition) is 2. The smallest absolute Gasteiger partial charge is 0.340 e. The second-order valence-corrected chi connectivity index (χ2v) is 6.56. The predicted molar refractivity (Wildman–Crippen MR) is 105 cm³/mol. The van der Waals surface area contributed by atoms with Gasteiger partial charge in [-0.15, -0.1) is 0 Å². The summed E-state index contributed by atoms with van der Waals surface area (Å²) in [5.41, 5.74) is 4.61. The molecule has 2 N–H and O–H groups in total. The Bertz CT molecular complexity index is 968. The van der Waals surface area contributed by atoms with Crippen LogP contribution in [-0.2, 0) is 22.5 Å². The van der Waals surface area contributed by atoms with Crippen molar-refractivity contribution in [2.75, 3.05) is 13.2 Å². The third-order valence-electron chi connectivity index (χ3n) is 4.84. The van der Waals surface area contributed by atoms with Gasteiger partial charge in [-0.05, 0) is 44.9 Å². The van der Waals surface area contributed by atoms with Crippen LogP contribution in [0, 0.1) is 13.8 Å². The summed E-state index contributed by atoms with van der Waals surface area (Å²) in [4.78, 5) is 27.4. The molecule has 0 saturated carbocycles. The van der Waals surface area contributed by atoms with Gasteiger partial charge in [0.05, 0.1) is 5.56 Å². The zero-order chi connectivity index (χ0) is 19.4. The Morgan fingerprint density at radius 3 is 2.74 bits per heavy atom. The molecule has 0 atom stereocenters. The van der Waals surface area contributed by atoms with Gasteiger partial charge in [-0.3, -0.25) is 4.79 Å². The molecule has 0 aliphatic heterocycles. The molecular weight excluding hydrogens is 342 g/mol. The quantitative estimate of drug-likeness (QED) is 0.630. The number of aromatic amines is 1. The minimum atomic E-state index is -0.463. The number of hydrogen-bond acceptors (Lipinski definition) is 3. The summed E-state index contributed by atoms with van der Waals surface area (Å²) in [5.74, 6) is -0.762. The number of amides is 1. The van der Waals surface area contributed by atoms with Crippen LogP contribution in [0.3, 0.4) is 0 Å². The molecule has 1 aromatic carbocycles. The van der Waals surface area contributed by atoms with Crippen molar-refractivity contribution in [2.24, 2.45) is 0 Å². The van der Waals surface area contributed by atoms with Crippen LogP contribution in [-0.4, -0.2) is 34.6 Å². The molecule has 142 valence electrons. The third kappa shape index (κ3) is 4.05. The maximum Gasteiger partial charge on any atom is 0.340 e. The molecule has 6 heteroatoms. The monoisotopic (exact) mass is 367 g/mol. The molecule has 1 amide bonds. The van der Waals surface area contributed by atoms with Crippen LogP contribution < -0.4 is 5.32 Å². The molecule has 0 aliphatic carbocycles. The average molecular weight is 367 g/mol. The molecule has 2 heterocycles. The van der Waals surface area contributed by atoms with Gasteiger partial charge < -0.3 is 19.6 Å². The van der Waals surface area contributed by atoms with Crippen LogP contribution in [0.4, 0.5) is 0 Å². The van der Waals surface area contributed by atoms with E-state index in [4.69, 9.17) is 4.74 Å². The summed E-state index contributed by atoms with van der Waals surface area (Å²) in [5, 5.41) is 3.96. The van der Waals surface area contributed by atoms with Crippen LogP contribution in [0.1, 0.15) is 34.2 Å². The van der Waals surface area contributed by atoms with Crippen molar-refractivity contribution in [1.29, 1.82) is 0 Å². The molecule has 0 fully saturated rings. The van der Waals surface area contributed by atoms with Crippen LogP contribution >= 0.6 is 0 Å². The Labute approximate surface area is 158 Å². The van der Waals surface area contributed by atoms with Crippen LogP contribution in [0.5, 0.6) is 0 Å². The van der Waals surface area contributed by atoms with Gasteiger partial charge in [-0.25, -0.2) is 4.79 Å². The molecule has 0 spiro atoms. The summed E-state index contributed by atoms with van der Waals surface area (Å²) in [6.45, 7) is 6.86. The highest BCUT2D eigenvalue weighted by Crippen LogP contribution is 2.18. The number of ether oxygens (including phenoxy) is 1. The lowest BCUT2D eigenvalue weighted by Gasteiger charge is -2.07. The van der Waals surface area contributed by atoms with E-state index in [1.54, 1.807) is 6.07 Å². The molecule has 6 nitrogen and oxygen atoms in total. The number of aromatic nitrogens is 2. The zero-order valence-electron chi connectivity index (χ0n) is 16.0. The van der Waals surface area contributed by atoms with Crippen molar-refractivity contribution in [2.45, 2.75) is 33.7 Å². The topological polar surface area (TPSA) is 76.1 Å². The number of para-hydroxylation sites is 1. The lowest BCUT2D eigenvalue weighted by Crippen LogP contribution is -2.30. The third-order valence-corrected chi connectivity index (χ3v) is 4.84. The van der Waals surface area contributed by atoms with Gasteiger partial charge in [-0.1, -0.05) is 18.2 Å². The van der Waals surface area contributed by atoms with Crippen LogP contribution in [0.2, 0.25) is 0 Å². The van der Waals surface area contributed by atoms with Crippen molar-refractivity contribution >= 4 is 22.8 Å². The lowest BCUT2D eigenvalue weighted by molar-refractivity contribution is -0.124. The van der Waals surface area contributed by atoms with Crippen molar-refractivity contribution in [3.05, 3.63) is 59.0 Å². The Kier molecular flexibility index (Phi) is 5.64. The van der Waals surface area contributed by atoms with Crippen molar-refractivity contribution in [3.8, 4) is 0 Å². The summed E-state index contributed by atoms with van der Waals surface area (Å²) < 4.78 is 7.21. The molecule has 3 aromatic rings. The molecule has 0 radical (unpaired) electrons. The number of aryl methyl sites for hydroxylation is 1. The Morgan fingerprint density at radius 1 is 1.22 bits per heavy atom. The van der Waals surface area contributed by atoms with E-state index >= 15 is 0 Å². The van der Waals surface area contributed by atoms with Gasteiger partial charge in [0.25, 0.3) is 5.91 Å². The van der Waals surface area contributed by atoms with Crippen molar-refractivity contribution in [1.82, 2.24) is 14.9 Å². The second-order valence-electron chi connectivity index (χ2n) is 6.56. The van der Waals surface area contributed by atoms with Crippen molar-refractivity contribution < 1.29 is 14.3 Å². The highest BCUT2D eigenvalue weighted by atomic mass is 16.5. The number of carbonyl (C=O) groups excluding carboxylic acids is 2. The van der Waals surface area contributed by atoms with E-state index in [0.29, 0.717) is 18.5 Å². The highest BCUT2D eigenvalue weighted by Gasteiger charge is 2.17. The number of benzene rings is 1. The molecule has 27 heavy (non-hydrogen) atoms. The van der Waals surface area contributed by atoms with Crippen molar-refractivity contribution in [3.63, 3.8) is 0 Å². The first-order valence-electron chi connectivity index (χ1n) is 9.16. The molecule has 0 aliphatic rings. The van der Waals surface area contributed by atoms with E-state index in [2.05, 4.69) is 16.4 Å². The van der Waals surface area contributed by atoms with E-state index in [9.17, 15) is 9.59 Å². The fourth-order valence-corrected chi connectivity index (χ4v) is 3.43. The van der Waals surface area contributed by atoms with Crippen LogP contribution in [0.15, 0.2) is 36.5 Å². The average Bonchev–Trinajstić information content (AvgIpc) is 3.20. The SMILES string of the molecule is CCn1c(C)cc(C(=O)OCC(=O)NCCc2c[nH]c3ccccc23)c1C. The van der Waals surface area contributed by atoms with Gasteiger partial charge in [0.15, 0.2) is 6.61 Å². The van der Waals surface area contributed by atoms with Gasteiger partial charge in [0, 0.05) is 41.6 Å². The summed E-state index contributed by atoms with van der Waals surface area (Å²) in [7, 11) is 0. The first-order chi connectivity index (χ1) is 13.0. The molecule has 3 rings (SSSR count). The summed E-state index contributed by atoms with van der Waals surface area (Å²) >= 11 is 0. The predicted octanol–water partition coefficient (Wildman–Crippen LogP) is 3.12. The number of fused-ring (bicyclic) bond motifs is 1. The van der Waals surface area contributed by atoms with Gasteiger partial charge >= 0.3 is 5.97 Å². The number of esters is 1. The summed E-state index contributed by atoms with van der Waals surface area (Å²) in [6, 6.07) is 9.85. The number of nitrogens with zero attached hydrogens (tertiary/aromatic N) is 1. The minimum Gasteiger partial charge on any atom is -0.452 e. The van der Waals surface area contributed by atoms with E-state index < -0.39 is 5.97 Å². The molecule has 0 unspecified atom stereocenters. The van der Waals surface area contributed by atoms with E-state index in [1.165, 1.54) is 0 Å². The second kappa shape index (κ2) is 8.12. The molecule has 0 bridgehead atoms. The Morgan fingerprint density at radius 2 is 2.00 bits per heavy atom. The fourth-order valence-electron chi connectivity index (χ4n) is 3.43. The highest BCUT2D eigenvalue weighted by molar-refractivity contribution is 5.92. The number of rotatable bonds is 7. The number of carbonyl (C=O) groups is 2. The maximum atomic E-state index is 12.2. The lowest BCUT2D eigenvalue weighted by atomic mass is 10.1. The van der Waals surface area contributed by atoms with Crippen LogP contribution in [0.25, 0.3) is 10.9 Å². The molecule has 0 saturated heterocycles. The number of nitrogens with one attached hydrogen (secondary N) is 2. The Balaban J connectivity index is 1.48. The first kappa shape index (κ1) is 18.8. The largest absolute Gasteiger partial charge is 0.452 e. The van der Waals surface area contributed by atoms with E-state index in [0.717, 1.165) is 34.4 Å². The number of H-pyrrole nitrogens is 1. The van der Waals surface area contributed by atoms with Gasteiger partial charge in [0.1, 0.15) is 0 Å². The van der Waals surface area contributed by atoms with Gasteiger partial charge in [-0.2, -0.15) is 0 Å². The zero-order valence-corrected chi connectivity index (χ0v) is 16.0. The molecular formula is C21H25N3O3. The van der Waals surface area contributed by atoms with Gasteiger partial charge in [0.2, 0.25) is 0 Å². The minimum absolute atomic E-state index is 0.275. The molecule has 2 aromatic heterocycles. The normalized spacial score (nSPS) is 10.9. The maximum absolute atomic E-state index is 12.2. The summed E-state index contributed by atoms with van der Waals surface area (Å²) in [6.07, 6.45) is 2.67. The fraction of sp³-hybridized carbons (Fsp3) is 0.333. The Hall–Kier alpha value is -3.02. The first-order valence-corrected chi connectivity index (χ1v) is 9.16. The standard InChI is InChI=1S/C21H25N3O3/c1-4-24-14(2)11-18(15(24)3)21(26)27-13-20(25)22-10-9-16-12-23-19-8-6-5-7-17(16)19/h5-8,11-12,23H,4,9-10,13H2,1-3H3,(H,22,25). The van der Waals surface area contributed by atoms with E-state index in [1.807, 2.05) is 49.7 Å². The van der Waals surface area contributed by atoms with E-state index in [-0.39, 0.29) is 12.5 Å².